The van der Waals surface area contributed by atoms with Gasteiger partial charge in [0.05, 0.1) is 25.3 Å². The number of ether oxygens (including phenoxy) is 1. The van der Waals surface area contributed by atoms with Gasteiger partial charge in [-0.05, 0) is 38.1 Å². The summed E-state index contributed by atoms with van der Waals surface area (Å²) in [7, 11) is 1.31. The van der Waals surface area contributed by atoms with Crippen LogP contribution in [0.15, 0.2) is 24.3 Å². The number of hydrogen-bond acceptors (Lipinski definition) is 4. The lowest BCUT2D eigenvalue weighted by atomic mass is 10.1. The molecule has 1 aromatic rings. The van der Waals surface area contributed by atoms with Crippen molar-refractivity contribution in [1.29, 1.82) is 0 Å². The molecule has 0 saturated carbocycles. The molecule has 104 valence electrons. The topological polar surface area (TPSA) is 66.8 Å². The Morgan fingerprint density at radius 1 is 1.26 bits per heavy atom. The van der Waals surface area contributed by atoms with Crippen molar-refractivity contribution in [2.75, 3.05) is 20.3 Å². The lowest BCUT2D eigenvalue weighted by Crippen LogP contribution is -2.40. The van der Waals surface area contributed by atoms with E-state index in [0.29, 0.717) is 17.7 Å². The zero-order valence-corrected chi connectivity index (χ0v) is 11.4. The number of likely N-dealkylation sites (N-methyl/N-ethyl adjacent to an activating group) is 1. The van der Waals surface area contributed by atoms with E-state index >= 15 is 0 Å². The molecule has 1 rings (SSSR count). The van der Waals surface area contributed by atoms with Crippen molar-refractivity contribution < 1.29 is 19.4 Å². The first kappa shape index (κ1) is 15.2. The zero-order valence-electron chi connectivity index (χ0n) is 11.4. The highest BCUT2D eigenvalue weighted by Crippen LogP contribution is 2.11. The first-order chi connectivity index (χ1) is 9.04. The average Bonchev–Trinajstić information content (AvgIpc) is 2.46. The normalized spacial score (nSPS) is 11.8. The summed E-state index contributed by atoms with van der Waals surface area (Å²) in [4.78, 5) is 25.1. The van der Waals surface area contributed by atoms with E-state index in [9.17, 15) is 9.59 Å². The summed E-state index contributed by atoms with van der Waals surface area (Å²) in [5, 5.41) is 9.13. The monoisotopic (exact) mass is 265 g/mol. The number of aliphatic hydroxyl groups excluding tert-OH is 1. The molecular weight excluding hydrogens is 246 g/mol. The lowest BCUT2D eigenvalue weighted by molar-refractivity contribution is 0.0596. The zero-order chi connectivity index (χ0) is 14.4. The highest BCUT2D eigenvalue weighted by Gasteiger charge is 2.19. The number of benzene rings is 1. The molecular formula is C14H19NO4. The predicted molar refractivity (Wildman–Crippen MR) is 71.0 cm³/mol. The van der Waals surface area contributed by atoms with E-state index in [-0.39, 0.29) is 18.6 Å². The fourth-order valence-corrected chi connectivity index (χ4v) is 1.79. The Morgan fingerprint density at radius 3 is 2.21 bits per heavy atom. The van der Waals surface area contributed by atoms with Crippen LogP contribution in [0.4, 0.5) is 0 Å². The lowest BCUT2D eigenvalue weighted by Gasteiger charge is -2.26. The Labute approximate surface area is 112 Å². The molecule has 19 heavy (non-hydrogen) atoms. The highest BCUT2D eigenvalue weighted by atomic mass is 16.5. The molecule has 0 saturated heterocycles. The first-order valence-corrected chi connectivity index (χ1v) is 6.15. The van der Waals surface area contributed by atoms with Crippen molar-refractivity contribution in [1.82, 2.24) is 4.90 Å². The second kappa shape index (κ2) is 6.89. The molecule has 1 aromatic carbocycles. The number of esters is 1. The van der Waals surface area contributed by atoms with Gasteiger partial charge in [-0.25, -0.2) is 4.79 Å². The van der Waals surface area contributed by atoms with Gasteiger partial charge in [-0.3, -0.25) is 4.79 Å². The van der Waals surface area contributed by atoms with Crippen LogP contribution in [0, 0.1) is 0 Å². The second-order valence-corrected chi connectivity index (χ2v) is 4.19. The van der Waals surface area contributed by atoms with Gasteiger partial charge in [-0.2, -0.15) is 0 Å². The number of aliphatic hydroxyl groups is 1. The number of carbonyl (C=O) groups is 2. The van der Waals surface area contributed by atoms with Gasteiger partial charge < -0.3 is 14.7 Å². The summed E-state index contributed by atoms with van der Waals surface area (Å²) in [6, 6.07) is 6.04. The molecule has 0 spiro atoms. The molecule has 1 atom stereocenters. The third kappa shape index (κ3) is 3.54. The minimum Gasteiger partial charge on any atom is -0.465 e. The van der Waals surface area contributed by atoms with E-state index in [1.165, 1.54) is 7.11 Å². The molecule has 0 aliphatic heterocycles. The summed E-state index contributed by atoms with van der Waals surface area (Å²) in [6.45, 7) is 4.07. The second-order valence-electron chi connectivity index (χ2n) is 4.19. The Kier molecular flexibility index (Phi) is 5.51. The molecule has 1 N–H and O–H groups in total. The minimum absolute atomic E-state index is 0.0835. The van der Waals surface area contributed by atoms with Gasteiger partial charge in [-0.15, -0.1) is 0 Å². The maximum atomic E-state index is 12.2. The largest absolute Gasteiger partial charge is 0.465 e. The summed E-state index contributed by atoms with van der Waals surface area (Å²) in [5.74, 6) is -0.601. The van der Waals surface area contributed by atoms with Crippen LogP contribution >= 0.6 is 0 Å². The predicted octanol–water partition coefficient (Wildman–Crippen LogP) is 1.32. The van der Waals surface area contributed by atoms with Gasteiger partial charge >= 0.3 is 5.97 Å². The SMILES string of the molecule is CCN(C(=O)c1ccc(C(=O)OC)cc1)C(C)CO. The molecule has 0 fully saturated rings. The molecule has 1 unspecified atom stereocenters. The highest BCUT2D eigenvalue weighted by molar-refractivity contribution is 5.96. The van der Waals surface area contributed by atoms with Crippen LogP contribution in [-0.2, 0) is 4.74 Å². The maximum Gasteiger partial charge on any atom is 0.337 e. The first-order valence-electron chi connectivity index (χ1n) is 6.15. The third-order valence-electron chi connectivity index (χ3n) is 2.95. The van der Waals surface area contributed by atoms with Crippen LogP contribution in [0.3, 0.4) is 0 Å². The van der Waals surface area contributed by atoms with Gasteiger partial charge in [0.25, 0.3) is 5.91 Å². The van der Waals surface area contributed by atoms with Crippen molar-refractivity contribution >= 4 is 11.9 Å². The van der Waals surface area contributed by atoms with Crippen LogP contribution in [0.2, 0.25) is 0 Å². The van der Waals surface area contributed by atoms with Crippen molar-refractivity contribution in [3.8, 4) is 0 Å². The van der Waals surface area contributed by atoms with E-state index in [1.54, 1.807) is 36.1 Å². The summed E-state index contributed by atoms with van der Waals surface area (Å²) >= 11 is 0. The number of methoxy groups -OCH3 is 1. The van der Waals surface area contributed by atoms with Crippen LogP contribution in [0.5, 0.6) is 0 Å². The van der Waals surface area contributed by atoms with E-state index in [4.69, 9.17) is 5.11 Å². The van der Waals surface area contributed by atoms with Gasteiger partial charge in [0.15, 0.2) is 0 Å². The summed E-state index contributed by atoms with van der Waals surface area (Å²) < 4.78 is 4.59. The van der Waals surface area contributed by atoms with Crippen LogP contribution in [0.25, 0.3) is 0 Å². The minimum atomic E-state index is -0.435. The van der Waals surface area contributed by atoms with Crippen LogP contribution in [-0.4, -0.2) is 48.2 Å². The number of rotatable bonds is 5. The molecule has 0 aliphatic rings. The molecule has 5 nitrogen and oxygen atoms in total. The summed E-state index contributed by atoms with van der Waals surface area (Å²) in [6.07, 6.45) is 0. The molecule has 0 aromatic heterocycles. The fraction of sp³-hybridized carbons (Fsp3) is 0.429. The van der Waals surface area contributed by atoms with Gasteiger partial charge in [0.1, 0.15) is 0 Å². The smallest absolute Gasteiger partial charge is 0.337 e. The Hall–Kier alpha value is -1.88. The standard InChI is InChI=1S/C14H19NO4/c1-4-15(10(2)9-16)13(17)11-5-7-12(8-6-11)14(18)19-3/h5-8,10,16H,4,9H2,1-3H3. The molecule has 5 heteroatoms. The van der Waals surface area contributed by atoms with Gasteiger partial charge in [0, 0.05) is 12.1 Å². The molecule has 0 heterocycles. The quantitative estimate of drug-likeness (QED) is 0.815. The fourth-order valence-electron chi connectivity index (χ4n) is 1.79. The third-order valence-corrected chi connectivity index (χ3v) is 2.95. The maximum absolute atomic E-state index is 12.2. The van der Waals surface area contributed by atoms with E-state index < -0.39 is 5.97 Å². The molecule has 0 aliphatic carbocycles. The van der Waals surface area contributed by atoms with E-state index in [2.05, 4.69) is 4.74 Å². The van der Waals surface area contributed by atoms with Gasteiger partial charge in [0.2, 0.25) is 0 Å². The Morgan fingerprint density at radius 2 is 1.79 bits per heavy atom. The molecule has 0 radical (unpaired) electrons. The average molecular weight is 265 g/mol. The number of nitrogens with zero attached hydrogens (tertiary/aromatic N) is 1. The van der Waals surface area contributed by atoms with Crippen molar-refractivity contribution in [2.24, 2.45) is 0 Å². The van der Waals surface area contributed by atoms with Crippen molar-refractivity contribution in [2.45, 2.75) is 19.9 Å². The molecule has 0 bridgehead atoms. The Balaban J connectivity index is 2.91. The van der Waals surface area contributed by atoms with Crippen LogP contribution < -0.4 is 0 Å². The van der Waals surface area contributed by atoms with Crippen LogP contribution in [0.1, 0.15) is 34.6 Å². The Bertz CT molecular complexity index is 441. The molecule has 1 amide bonds. The van der Waals surface area contributed by atoms with Gasteiger partial charge in [-0.1, -0.05) is 0 Å². The number of carbonyl (C=O) groups excluding carboxylic acids is 2. The van der Waals surface area contributed by atoms with Crippen molar-refractivity contribution in [3.63, 3.8) is 0 Å². The van der Waals surface area contributed by atoms with E-state index in [0.717, 1.165) is 0 Å². The number of amides is 1. The summed E-state index contributed by atoms with van der Waals surface area (Å²) in [5.41, 5.74) is 0.882. The van der Waals surface area contributed by atoms with E-state index in [1.807, 2.05) is 6.92 Å². The number of hydrogen-bond donors (Lipinski definition) is 1. The van der Waals surface area contributed by atoms with Crippen molar-refractivity contribution in [3.05, 3.63) is 35.4 Å².